The number of imide groups is 1. The van der Waals surface area contributed by atoms with Gasteiger partial charge < -0.3 is 15.1 Å². The van der Waals surface area contributed by atoms with Crippen LogP contribution in [0.25, 0.3) is 0 Å². The lowest BCUT2D eigenvalue weighted by molar-refractivity contribution is -0.126. The molecule has 0 aromatic heterocycles. The van der Waals surface area contributed by atoms with E-state index in [1.54, 1.807) is 7.05 Å². The molecule has 2 unspecified atom stereocenters. The van der Waals surface area contributed by atoms with E-state index in [4.69, 9.17) is 16.6 Å². The maximum Gasteiger partial charge on any atom is 0.325 e. The molecule has 3 aliphatic heterocycles. The average molecular weight is 403 g/mol. The van der Waals surface area contributed by atoms with Crippen LogP contribution >= 0.6 is 11.6 Å². The van der Waals surface area contributed by atoms with Gasteiger partial charge in [0.15, 0.2) is 12.2 Å². The van der Waals surface area contributed by atoms with Gasteiger partial charge in [0.05, 0.1) is 0 Å². The van der Waals surface area contributed by atoms with Crippen molar-refractivity contribution in [2.75, 3.05) is 25.5 Å². The Morgan fingerprint density at radius 1 is 1.25 bits per heavy atom. The zero-order valence-corrected chi connectivity index (χ0v) is 16.8. The third kappa shape index (κ3) is 2.97. The Labute approximate surface area is 168 Å². The van der Waals surface area contributed by atoms with Crippen molar-refractivity contribution in [3.63, 3.8) is 0 Å². The Morgan fingerprint density at radius 3 is 2.79 bits per heavy atom. The van der Waals surface area contributed by atoms with E-state index >= 15 is 0 Å². The monoisotopic (exact) mass is 402 g/mol. The minimum absolute atomic E-state index is 0.302. The number of hydrogen-bond acceptors (Lipinski definition) is 6. The fourth-order valence-electron chi connectivity index (χ4n) is 3.86. The number of halogens is 1. The van der Waals surface area contributed by atoms with Crippen molar-refractivity contribution in [3.8, 4) is 0 Å². The summed E-state index contributed by atoms with van der Waals surface area (Å²) in [7, 11) is 1.66. The number of fused-ring (bicyclic) bond motifs is 3. The molecular formula is C19H23ClN6O2. The first-order valence-electron chi connectivity index (χ1n) is 9.27. The van der Waals surface area contributed by atoms with Crippen molar-refractivity contribution in [1.29, 1.82) is 0 Å². The largest absolute Gasteiger partial charge is 0.385 e. The van der Waals surface area contributed by atoms with Crippen LogP contribution in [0.4, 0.5) is 10.5 Å². The molecule has 3 amide bonds. The smallest absolute Gasteiger partial charge is 0.325 e. The van der Waals surface area contributed by atoms with Gasteiger partial charge in [-0.25, -0.2) is 9.79 Å². The Balaban J connectivity index is 1.45. The average Bonchev–Trinajstić information content (AvgIpc) is 3.15. The summed E-state index contributed by atoms with van der Waals surface area (Å²) < 4.78 is 0. The summed E-state index contributed by atoms with van der Waals surface area (Å²) in [6.07, 6.45) is 0.381. The van der Waals surface area contributed by atoms with Gasteiger partial charge in [0.25, 0.3) is 5.91 Å². The van der Waals surface area contributed by atoms with Crippen LogP contribution in [-0.4, -0.2) is 64.9 Å². The number of carbonyl (C=O) groups is 2. The maximum atomic E-state index is 12.4. The summed E-state index contributed by atoms with van der Waals surface area (Å²) in [5, 5.41) is 6.48. The molecule has 0 saturated carbocycles. The summed E-state index contributed by atoms with van der Waals surface area (Å²) in [5.41, 5.74) is 3.05. The molecule has 1 fully saturated rings. The van der Waals surface area contributed by atoms with Crippen LogP contribution in [0.1, 0.15) is 20.3 Å². The highest BCUT2D eigenvalue weighted by Gasteiger charge is 2.52. The fraction of sp³-hybridized carbons (Fsp3) is 0.421. The Bertz CT molecular complexity index is 898. The number of rotatable bonds is 5. The number of carbonyl (C=O) groups excluding carboxylic acids is 2. The fourth-order valence-corrected chi connectivity index (χ4v) is 4.05. The van der Waals surface area contributed by atoms with E-state index in [9.17, 15) is 9.59 Å². The minimum atomic E-state index is -0.512. The molecule has 1 saturated heterocycles. The Morgan fingerprint density at radius 2 is 2.04 bits per heavy atom. The lowest BCUT2D eigenvalue weighted by Gasteiger charge is -2.35. The first-order valence-corrected chi connectivity index (χ1v) is 9.65. The third-order valence-electron chi connectivity index (χ3n) is 5.48. The maximum absolute atomic E-state index is 12.4. The van der Waals surface area contributed by atoms with E-state index in [0.29, 0.717) is 5.02 Å². The van der Waals surface area contributed by atoms with Gasteiger partial charge in [-0.15, -0.1) is 0 Å². The molecule has 0 radical (unpaired) electrons. The predicted molar refractivity (Wildman–Crippen MR) is 108 cm³/mol. The second kappa shape index (κ2) is 7.01. The van der Waals surface area contributed by atoms with Gasteiger partial charge in [-0.1, -0.05) is 17.7 Å². The van der Waals surface area contributed by atoms with E-state index < -0.39 is 18.2 Å². The van der Waals surface area contributed by atoms with Crippen LogP contribution in [0.15, 0.2) is 40.7 Å². The van der Waals surface area contributed by atoms with Crippen molar-refractivity contribution in [2.45, 2.75) is 32.5 Å². The van der Waals surface area contributed by atoms with Gasteiger partial charge in [0, 0.05) is 42.2 Å². The molecule has 2 atom stereocenters. The summed E-state index contributed by atoms with van der Waals surface area (Å²) in [5.74, 6) is 0.438. The molecule has 1 aromatic rings. The van der Waals surface area contributed by atoms with Crippen LogP contribution in [0.5, 0.6) is 0 Å². The van der Waals surface area contributed by atoms with E-state index in [-0.39, 0.29) is 5.91 Å². The van der Waals surface area contributed by atoms with Crippen LogP contribution in [0.2, 0.25) is 5.02 Å². The Hall–Kier alpha value is -2.74. The SMILES string of the molecule is CC1=C(C)N2C(=NC3C2C(=O)NC(=O)N3C)N1CCCNc1cccc(Cl)c1. The molecule has 28 heavy (non-hydrogen) atoms. The zero-order valence-electron chi connectivity index (χ0n) is 16.1. The van der Waals surface area contributed by atoms with E-state index in [1.165, 1.54) is 4.90 Å². The van der Waals surface area contributed by atoms with Gasteiger partial charge in [-0.2, -0.15) is 0 Å². The number of nitrogens with one attached hydrogen (secondary N) is 2. The molecule has 0 bridgehead atoms. The number of allylic oxidation sites excluding steroid dienone is 2. The first kappa shape index (κ1) is 18.6. The van der Waals surface area contributed by atoms with E-state index in [1.807, 2.05) is 43.0 Å². The summed E-state index contributed by atoms with van der Waals surface area (Å²) in [6.45, 7) is 5.55. The molecule has 0 aliphatic carbocycles. The molecule has 1 aromatic carbocycles. The second-order valence-electron chi connectivity index (χ2n) is 7.18. The van der Waals surface area contributed by atoms with Crippen molar-refractivity contribution in [3.05, 3.63) is 40.7 Å². The van der Waals surface area contributed by atoms with Gasteiger partial charge >= 0.3 is 6.03 Å². The normalized spacial score (nSPS) is 23.7. The number of amides is 3. The summed E-state index contributed by atoms with van der Waals surface area (Å²) >= 11 is 6.01. The van der Waals surface area contributed by atoms with Gasteiger partial charge in [0.1, 0.15) is 0 Å². The van der Waals surface area contributed by atoms with Crippen LogP contribution < -0.4 is 10.6 Å². The van der Waals surface area contributed by atoms with Crippen LogP contribution in [-0.2, 0) is 4.79 Å². The number of likely N-dealkylation sites (N-methyl/N-ethyl adjacent to an activating group) is 1. The number of urea groups is 1. The Kier molecular flexibility index (Phi) is 4.66. The van der Waals surface area contributed by atoms with Crippen molar-refractivity contribution < 1.29 is 9.59 Å². The van der Waals surface area contributed by atoms with Gasteiger partial charge in [-0.05, 0) is 38.5 Å². The number of nitrogens with zero attached hydrogens (tertiary/aromatic N) is 4. The number of hydrogen-bond donors (Lipinski definition) is 2. The van der Waals surface area contributed by atoms with Gasteiger partial charge in [-0.3, -0.25) is 15.0 Å². The second-order valence-corrected chi connectivity index (χ2v) is 7.61. The first-order chi connectivity index (χ1) is 13.4. The quantitative estimate of drug-likeness (QED) is 0.738. The highest BCUT2D eigenvalue weighted by Crippen LogP contribution is 2.36. The molecule has 8 nitrogen and oxygen atoms in total. The standard InChI is InChI=1S/C19H23ClN6O2/c1-11-12(2)26-15-16(24(3)19(28)23-17(15)27)22-18(26)25(11)9-5-8-21-14-7-4-6-13(20)10-14/h4,6-7,10,15-16,21H,5,8-9H2,1-3H3,(H,23,27,28). The van der Waals surface area contributed by atoms with Gasteiger partial charge in [0.2, 0.25) is 5.96 Å². The predicted octanol–water partition coefficient (Wildman–Crippen LogP) is 2.26. The van der Waals surface area contributed by atoms with E-state index in [0.717, 1.165) is 42.6 Å². The van der Waals surface area contributed by atoms with Crippen molar-refractivity contribution in [2.24, 2.45) is 4.99 Å². The molecule has 2 N–H and O–H groups in total. The zero-order chi connectivity index (χ0) is 20.0. The number of guanidine groups is 1. The topological polar surface area (TPSA) is 80.3 Å². The molecule has 3 heterocycles. The van der Waals surface area contributed by atoms with Crippen LogP contribution in [0.3, 0.4) is 0 Å². The lowest BCUT2D eigenvalue weighted by Crippen LogP contribution is -2.63. The summed E-state index contributed by atoms with van der Waals surface area (Å²) in [6, 6.07) is 6.71. The molecular weight excluding hydrogens is 380 g/mol. The molecule has 3 aliphatic rings. The summed E-state index contributed by atoms with van der Waals surface area (Å²) in [4.78, 5) is 34.6. The highest BCUT2D eigenvalue weighted by atomic mass is 35.5. The molecule has 4 rings (SSSR count). The number of aliphatic imine (C=N–C) groups is 1. The molecule has 148 valence electrons. The number of benzene rings is 1. The lowest BCUT2D eigenvalue weighted by atomic mass is 10.1. The third-order valence-corrected chi connectivity index (χ3v) is 5.72. The molecule has 0 spiro atoms. The van der Waals surface area contributed by atoms with E-state index in [2.05, 4.69) is 15.5 Å². The van der Waals surface area contributed by atoms with Crippen molar-refractivity contribution in [1.82, 2.24) is 20.0 Å². The number of anilines is 1. The minimum Gasteiger partial charge on any atom is -0.385 e. The highest BCUT2D eigenvalue weighted by molar-refractivity contribution is 6.30. The van der Waals surface area contributed by atoms with Crippen molar-refractivity contribution >= 4 is 35.2 Å². The van der Waals surface area contributed by atoms with Crippen LogP contribution in [0, 0.1) is 0 Å². The molecule has 9 heteroatoms.